The fraction of sp³-hybridized carbons (Fsp3) is 0.438. The number of amides is 1. The molecule has 23 heavy (non-hydrogen) atoms. The van der Waals surface area contributed by atoms with Gasteiger partial charge in [0.25, 0.3) is 5.56 Å². The van der Waals surface area contributed by atoms with Gasteiger partial charge >= 0.3 is 6.09 Å². The second-order valence-electron chi connectivity index (χ2n) is 6.80. The molecule has 0 spiro atoms. The van der Waals surface area contributed by atoms with E-state index in [1.807, 2.05) is 0 Å². The third kappa shape index (κ3) is 3.17. The number of benzene rings is 1. The molecule has 2 N–H and O–H groups in total. The van der Waals surface area contributed by atoms with Crippen LogP contribution >= 0.6 is 11.6 Å². The third-order valence-electron chi connectivity index (χ3n) is 3.69. The lowest BCUT2D eigenvalue weighted by atomic mass is 10.0. The molecule has 0 aliphatic heterocycles. The van der Waals surface area contributed by atoms with E-state index in [1.165, 1.54) is 0 Å². The van der Waals surface area contributed by atoms with Crippen LogP contribution in [0.5, 0.6) is 0 Å². The first-order chi connectivity index (χ1) is 10.7. The first-order valence-corrected chi connectivity index (χ1v) is 7.78. The highest BCUT2D eigenvalue weighted by Gasteiger charge is 2.49. The van der Waals surface area contributed by atoms with E-state index in [4.69, 9.17) is 16.3 Å². The van der Waals surface area contributed by atoms with Crippen molar-refractivity contribution in [2.45, 2.75) is 44.8 Å². The maximum Gasteiger partial charge on any atom is 0.408 e. The first-order valence-electron chi connectivity index (χ1n) is 7.40. The number of hydrogen-bond donors (Lipinski definition) is 2. The molecule has 2 aromatic rings. The highest BCUT2D eigenvalue weighted by molar-refractivity contribution is 6.31. The minimum absolute atomic E-state index is 0.284. The van der Waals surface area contributed by atoms with E-state index >= 15 is 0 Å². The molecule has 1 saturated carbocycles. The Balaban J connectivity index is 2.00. The van der Waals surface area contributed by atoms with E-state index < -0.39 is 17.2 Å². The average Bonchev–Trinajstić information content (AvgIpc) is 3.16. The van der Waals surface area contributed by atoms with E-state index in [1.54, 1.807) is 39.0 Å². The second-order valence-corrected chi connectivity index (χ2v) is 7.24. The van der Waals surface area contributed by atoms with Gasteiger partial charge < -0.3 is 10.1 Å². The van der Waals surface area contributed by atoms with Crippen molar-refractivity contribution in [3.63, 3.8) is 0 Å². The largest absolute Gasteiger partial charge is 0.444 e. The molecule has 1 fully saturated rings. The number of aromatic nitrogens is 2. The number of nitrogens with one attached hydrogen (secondary N) is 2. The summed E-state index contributed by atoms with van der Waals surface area (Å²) >= 11 is 6.05. The van der Waals surface area contributed by atoms with E-state index in [0.717, 1.165) is 12.8 Å². The fourth-order valence-electron chi connectivity index (χ4n) is 2.55. The van der Waals surface area contributed by atoms with Crippen LogP contribution < -0.4 is 10.9 Å². The van der Waals surface area contributed by atoms with E-state index in [9.17, 15) is 9.59 Å². The molecule has 0 bridgehead atoms. The molecule has 0 atom stereocenters. The Morgan fingerprint density at radius 2 is 2.04 bits per heavy atom. The minimum Gasteiger partial charge on any atom is -0.444 e. The Kier molecular flexibility index (Phi) is 3.59. The molecule has 1 aliphatic carbocycles. The van der Waals surface area contributed by atoms with Crippen LogP contribution in [0.3, 0.4) is 0 Å². The van der Waals surface area contributed by atoms with Gasteiger partial charge in [-0.25, -0.2) is 9.89 Å². The van der Waals surface area contributed by atoms with Crippen LogP contribution in [-0.4, -0.2) is 21.9 Å². The van der Waals surface area contributed by atoms with Crippen LogP contribution in [0, 0.1) is 0 Å². The number of hydrogen-bond acceptors (Lipinski definition) is 4. The number of nitrogens with zero attached hydrogens (tertiary/aromatic N) is 1. The molecule has 3 rings (SSSR count). The molecule has 1 aromatic heterocycles. The van der Waals surface area contributed by atoms with Crippen molar-refractivity contribution in [3.05, 3.63) is 39.3 Å². The summed E-state index contributed by atoms with van der Waals surface area (Å²) in [6.07, 6.45) is 0.956. The highest BCUT2D eigenvalue weighted by Crippen LogP contribution is 2.46. The summed E-state index contributed by atoms with van der Waals surface area (Å²) in [5.74, 6) is 0. The molecule has 0 radical (unpaired) electrons. The van der Waals surface area contributed by atoms with Crippen LogP contribution in [0.15, 0.2) is 23.0 Å². The summed E-state index contributed by atoms with van der Waals surface area (Å²) in [5.41, 5.74) is -0.867. The molecule has 6 nitrogen and oxygen atoms in total. The zero-order valence-electron chi connectivity index (χ0n) is 13.2. The van der Waals surface area contributed by atoms with Crippen molar-refractivity contribution in [1.29, 1.82) is 0 Å². The topological polar surface area (TPSA) is 84.1 Å². The maximum absolute atomic E-state index is 12.1. The number of ether oxygens (including phenoxy) is 1. The van der Waals surface area contributed by atoms with Crippen molar-refractivity contribution in [1.82, 2.24) is 15.5 Å². The lowest BCUT2D eigenvalue weighted by Gasteiger charge is -2.23. The zero-order valence-corrected chi connectivity index (χ0v) is 14.0. The predicted molar refractivity (Wildman–Crippen MR) is 87.7 cm³/mol. The molecule has 0 unspecified atom stereocenters. The fourth-order valence-corrected chi connectivity index (χ4v) is 2.72. The molecule has 1 heterocycles. The maximum atomic E-state index is 12.1. The summed E-state index contributed by atoms with van der Waals surface area (Å²) in [6.45, 7) is 5.42. The summed E-state index contributed by atoms with van der Waals surface area (Å²) < 4.78 is 5.32. The number of halogens is 1. The molecule has 1 aliphatic rings. The van der Waals surface area contributed by atoms with Crippen molar-refractivity contribution >= 4 is 28.5 Å². The number of fused-ring (bicyclic) bond motifs is 1. The quantitative estimate of drug-likeness (QED) is 0.883. The molecule has 122 valence electrons. The smallest absolute Gasteiger partial charge is 0.408 e. The van der Waals surface area contributed by atoms with Gasteiger partial charge in [-0.2, -0.15) is 5.10 Å². The standard InChI is InChI=1S/C16H18ClN3O3/c1-15(2,3)23-14(22)18-16(6-7-16)12-11-8-9(17)4-5-10(11)13(21)20-19-12/h4-5,8H,6-7H2,1-3H3,(H,18,22)(H,20,21). The van der Waals surface area contributed by atoms with Crippen LogP contribution in [-0.2, 0) is 10.3 Å². The molecule has 1 amide bonds. The Bertz CT molecular complexity index is 835. The Labute approximate surface area is 138 Å². The van der Waals surface area contributed by atoms with E-state index in [2.05, 4.69) is 15.5 Å². The summed E-state index contributed by atoms with van der Waals surface area (Å²) in [7, 11) is 0. The van der Waals surface area contributed by atoms with Gasteiger partial charge in [-0.1, -0.05) is 11.6 Å². The predicted octanol–water partition coefficient (Wildman–Crippen LogP) is 3.09. The van der Waals surface area contributed by atoms with Crippen molar-refractivity contribution in [2.24, 2.45) is 0 Å². The van der Waals surface area contributed by atoms with Crippen LogP contribution in [0.25, 0.3) is 10.8 Å². The van der Waals surface area contributed by atoms with Gasteiger partial charge in [-0.05, 0) is 51.8 Å². The Morgan fingerprint density at radius 1 is 1.35 bits per heavy atom. The van der Waals surface area contributed by atoms with Gasteiger partial charge in [-0.3, -0.25) is 4.79 Å². The Hall–Kier alpha value is -2.08. The van der Waals surface area contributed by atoms with Crippen LogP contribution in [0.1, 0.15) is 39.3 Å². The van der Waals surface area contributed by atoms with Gasteiger partial charge in [-0.15, -0.1) is 0 Å². The first kappa shape index (κ1) is 15.8. The number of H-pyrrole nitrogens is 1. The number of carbonyl (C=O) groups excluding carboxylic acids is 1. The molecule has 7 heteroatoms. The number of aromatic amines is 1. The lowest BCUT2D eigenvalue weighted by molar-refractivity contribution is 0.0494. The molecule has 1 aromatic carbocycles. The molecular formula is C16H18ClN3O3. The number of carbonyl (C=O) groups is 1. The highest BCUT2D eigenvalue weighted by atomic mass is 35.5. The van der Waals surface area contributed by atoms with Crippen molar-refractivity contribution in [3.8, 4) is 0 Å². The second kappa shape index (κ2) is 5.23. The van der Waals surface area contributed by atoms with Crippen LogP contribution in [0.4, 0.5) is 4.79 Å². The van der Waals surface area contributed by atoms with Crippen molar-refractivity contribution in [2.75, 3.05) is 0 Å². The zero-order chi connectivity index (χ0) is 16.8. The number of rotatable bonds is 2. The van der Waals surface area contributed by atoms with E-state index in [0.29, 0.717) is 21.5 Å². The SMILES string of the molecule is CC(C)(C)OC(=O)NC1(c2n[nH]c(=O)c3ccc(Cl)cc23)CC1. The van der Waals surface area contributed by atoms with E-state index in [-0.39, 0.29) is 5.56 Å². The Morgan fingerprint density at radius 3 is 2.65 bits per heavy atom. The summed E-state index contributed by atoms with van der Waals surface area (Å²) in [4.78, 5) is 24.0. The molecule has 0 saturated heterocycles. The van der Waals surface area contributed by atoms with Crippen molar-refractivity contribution < 1.29 is 9.53 Å². The monoisotopic (exact) mass is 335 g/mol. The minimum atomic E-state index is -0.616. The van der Waals surface area contributed by atoms with Gasteiger partial charge in [0.1, 0.15) is 5.60 Å². The van der Waals surface area contributed by atoms with Gasteiger partial charge in [0, 0.05) is 10.4 Å². The molecular weight excluding hydrogens is 318 g/mol. The lowest BCUT2D eigenvalue weighted by Crippen LogP contribution is -2.40. The summed E-state index contributed by atoms with van der Waals surface area (Å²) in [6, 6.07) is 5.01. The summed E-state index contributed by atoms with van der Waals surface area (Å²) in [5, 5.41) is 11.2. The average molecular weight is 336 g/mol. The third-order valence-corrected chi connectivity index (χ3v) is 3.93. The van der Waals surface area contributed by atoms with Gasteiger partial charge in [0.05, 0.1) is 16.6 Å². The van der Waals surface area contributed by atoms with Gasteiger partial charge in [0.2, 0.25) is 0 Å². The van der Waals surface area contributed by atoms with Gasteiger partial charge in [0.15, 0.2) is 0 Å². The normalized spacial score (nSPS) is 16.2. The number of alkyl carbamates (subject to hydrolysis) is 1. The van der Waals surface area contributed by atoms with Crippen LogP contribution in [0.2, 0.25) is 5.02 Å².